The Balaban J connectivity index is 1.34. The van der Waals surface area contributed by atoms with Crippen LogP contribution >= 0.6 is 0 Å². The van der Waals surface area contributed by atoms with Gasteiger partial charge in [-0.15, -0.1) is 0 Å². The van der Waals surface area contributed by atoms with E-state index in [-0.39, 0.29) is 11.7 Å². The number of hydrogen-bond acceptors (Lipinski definition) is 5. The van der Waals surface area contributed by atoms with Gasteiger partial charge in [-0.25, -0.2) is 9.37 Å². The highest BCUT2D eigenvalue weighted by Crippen LogP contribution is 2.35. The molecule has 1 aromatic heterocycles. The molecule has 2 aromatic rings. The van der Waals surface area contributed by atoms with Crippen LogP contribution in [0.1, 0.15) is 24.1 Å². The highest BCUT2D eigenvalue weighted by Gasteiger charge is 2.47. The quantitative estimate of drug-likeness (QED) is 0.901. The highest BCUT2D eigenvalue weighted by molar-refractivity contribution is 6.39. The summed E-state index contributed by atoms with van der Waals surface area (Å²) < 4.78 is 12.9. The van der Waals surface area contributed by atoms with E-state index in [4.69, 9.17) is 4.84 Å². The molecule has 1 N–H and O–H groups in total. The minimum Gasteiger partial charge on any atom is -0.386 e. The Bertz CT molecular complexity index is 884. The third kappa shape index (κ3) is 3.77. The van der Waals surface area contributed by atoms with Gasteiger partial charge in [-0.2, -0.15) is 0 Å². The van der Waals surface area contributed by atoms with Gasteiger partial charge in [0.2, 0.25) is 0 Å². The number of halogens is 1. The lowest BCUT2D eigenvalue weighted by Gasteiger charge is -2.22. The summed E-state index contributed by atoms with van der Waals surface area (Å²) >= 11 is 0. The molecule has 0 aliphatic carbocycles. The van der Waals surface area contributed by atoms with Crippen molar-refractivity contribution in [3.8, 4) is 0 Å². The molecule has 1 spiro atoms. The SMILES string of the molecule is Cc1cccc(N2CC[C@]3(CC(C(=O)NCc4ccc(F)cc4)=NO3)C2)n1. The lowest BCUT2D eigenvalue weighted by Crippen LogP contribution is -2.37. The van der Waals surface area contributed by atoms with Crippen LogP contribution < -0.4 is 10.2 Å². The molecule has 4 rings (SSSR count). The van der Waals surface area contributed by atoms with Gasteiger partial charge in [0.05, 0.1) is 6.54 Å². The van der Waals surface area contributed by atoms with Crippen LogP contribution in [0.4, 0.5) is 10.2 Å². The van der Waals surface area contributed by atoms with Gasteiger partial charge in [0.1, 0.15) is 17.3 Å². The molecule has 0 saturated carbocycles. The largest absolute Gasteiger partial charge is 0.386 e. The number of anilines is 1. The molecular formula is C20H21FN4O2. The molecule has 0 unspecified atom stereocenters. The second kappa shape index (κ2) is 6.98. The van der Waals surface area contributed by atoms with E-state index in [9.17, 15) is 9.18 Å². The Morgan fingerprint density at radius 3 is 2.89 bits per heavy atom. The lowest BCUT2D eigenvalue weighted by molar-refractivity contribution is -0.115. The van der Waals surface area contributed by atoms with Gasteiger partial charge in [-0.3, -0.25) is 4.79 Å². The summed E-state index contributed by atoms with van der Waals surface area (Å²) in [6, 6.07) is 12.0. The Kier molecular flexibility index (Phi) is 4.51. The summed E-state index contributed by atoms with van der Waals surface area (Å²) in [6.45, 7) is 3.76. The van der Waals surface area contributed by atoms with Crippen molar-refractivity contribution in [2.45, 2.75) is 31.9 Å². The number of nitrogens with one attached hydrogen (secondary N) is 1. The summed E-state index contributed by atoms with van der Waals surface area (Å²) in [5.41, 5.74) is 1.74. The van der Waals surface area contributed by atoms with Gasteiger partial charge >= 0.3 is 0 Å². The number of hydrogen-bond donors (Lipinski definition) is 1. The van der Waals surface area contributed by atoms with Crippen molar-refractivity contribution in [2.24, 2.45) is 5.16 Å². The molecule has 140 valence electrons. The molecule has 27 heavy (non-hydrogen) atoms. The molecule has 1 aromatic carbocycles. The van der Waals surface area contributed by atoms with Crippen LogP contribution in [-0.4, -0.2) is 35.3 Å². The van der Waals surface area contributed by atoms with E-state index in [1.165, 1.54) is 12.1 Å². The van der Waals surface area contributed by atoms with Gasteiger partial charge in [-0.05, 0) is 36.8 Å². The van der Waals surface area contributed by atoms with Crippen LogP contribution in [-0.2, 0) is 16.2 Å². The van der Waals surface area contributed by atoms with Crippen molar-refractivity contribution in [3.05, 3.63) is 59.5 Å². The molecule has 6 nitrogen and oxygen atoms in total. The van der Waals surface area contributed by atoms with E-state index < -0.39 is 5.60 Å². The Hall–Kier alpha value is -2.96. The summed E-state index contributed by atoms with van der Waals surface area (Å²) in [4.78, 5) is 24.8. The number of benzene rings is 1. The second-order valence-electron chi connectivity index (χ2n) is 7.11. The zero-order valence-electron chi connectivity index (χ0n) is 15.1. The Morgan fingerprint density at radius 1 is 1.30 bits per heavy atom. The molecule has 0 bridgehead atoms. The lowest BCUT2D eigenvalue weighted by atomic mass is 9.96. The predicted molar refractivity (Wildman–Crippen MR) is 99.9 cm³/mol. The first kappa shape index (κ1) is 17.5. The second-order valence-corrected chi connectivity index (χ2v) is 7.11. The average molecular weight is 368 g/mol. The first-order chi connectivity index (χ1) is 13.0. The maximum Gasteiger partial charge on any atom is 0.269 e. The van der Waals surface area contributed by atoms with Crippen molar-refractivity contribution in [1.29, 1.82) is 0 Å². The Morgan fingerprint density at radius 2 is 2.11 bits per heavy atom. The molecule has 2 aliphatic heterocycles. The topological polar surface area (TPSA) is 66.8 Å². The zero-order chi connectivity index (χ0) is 18.9. The third-order valence-electron chi connectivity index (χ3n) is 4.98. The number of amides is 1. The van der Waals surface area contributed by atoms with E-state index in [1.54, 1.807) is 12.1 Å². The molecule has 7 heteroatoms. The summed E-state index contributed by atoms with van der Waals surface area (Å²) in [5.74, 6) is 0.377. The van der Waals surface area contributed by atoms with Crippen LogP contribution in [0, 0.1) is 12.7 Å². The minimum absolute atomic E-state index is 0.247. The number of carbonyl (C=O) groups excluding carboxylic acids is 1. The van der Waals surface area contributed by atoms with Crippen LogP contribution in [0.2, 0.25) is 0 Å². The monoisotopic (exact) mass is 368 g/mol. The van der Waals surface area contributed by atoms with E-state index in [0.29, 0.717) is 25.2 Å². The first-order valence-corrected chi connectivity index (χ1v) is 8.99. The van der Waals surface area contributed by atoms with Crippen LogP contribution in [0.5, 0.6) is 0 Å². The number of aromatic nitrogens is 1. The average Bonchev–Trinajstić information content (AvgIpc) is 3.28. The maximum absolute atomic E-state index is 12.9. The number of rotatable bonds is 4. The van der Waals surface area contributed by atoms with Gasteiger partial charge in [-0.1, -0.05) is 23.4 Å². The molecule has 0 radical (unpaired) electrons. The van der Waals surface area contributed by atoms with Crippen LogP contribution in [0.3, 0.4) is 0 Å². The van der Waals surface area contributed by atoms with Crippen molar-refractivity contribution in [2.75, 3.05) is 18.0 Å². The van der Waals surface area contributed by atoms with Gasteiger partial charge in [0.25, 0.3) is 5.91 Å². The van der Waals surface area contributed by atoms with E-state index in [0.717, 1.165) is 30.0 Å². The highest BCUT2D eigenvalue weighted by atomic mass is 19.1. The number of oxime groups is 1. The standard InChI is InChI=1S/C20H21FN4O2/c1-14-3-2-4-18(23-14)25-10-9-20(13-25)11-17(24-27-20)19(26)22-12-15-5-7-16(21)8-6-15/h2-8H,9-13H2,1H3,(H,22,26)/t20-/m0/s1. The molecule has 1 amide bonds. The van der Waals surface area contributed by atoms with Crippen molar-refractivity contribution >= 4 is 17.4 Å². The Labute approximate surface area is 157 Å². The molecule has 2 aliphatic rings. The number of pyridine rings is 1. The van der Waals surface area contributed by atoms with Gasteiger partial charge < -0.3 is 15.1 Å². The predicted octanol–water partition coefficient (Wildman–Crippen LogP) is 2.57. The smallest absolute Gasteiger partial charge is 0.269 e. The third-order valence-corrected chi connectivity index (χ3v) is 4.98. The van der Waals surface area contributed by atoms with Gasteiger partial charge in [0.15, 0.2) is 5.60 Å². The molecule has 1 saturated heterocycles. The fourth-order valence-corrected chi connectivity index (χ4v) is 3.49. The van der Waals surface area contributed by atoms with E-state index in [1.807, 2.05) is 25.1 Å². The molecule has 1 atom stereocenters. The zero-order valence-corrected chi connectivity index (χ0v) is 15.1. The fourth-order valence-electron chi connectivity index (χ4n) is 3.49. The molecule has 3 heterocycles. The van der Waals surface area contributed by atoms with Crippen molar-refractivity contribution < 1.29 is 14.0 Å². The minimum atomic E-state index is -0.464. The summed E-state index contributed by atoms with van der Waals surface area (Å²) in [6.07, 6.45) is 1.27. The van der Waals surface area contributed by atoms with Crippen molar-refractivity contribution in [1.82, 2.24) is 10.3 Å². The normalized spacial score (nSPS) is 21.3. The first-order valence-electron chi connectivity index (χ1n) is 8.99. The molecule has 1 fully saturated rings. The summed E-state index contributed by atoms with van der Waals surface area (Å²) in [5, 5.41) is 6.86. The number of aryl methyl sites for hydroxylation is 1. The van der Waals surface area contributed by atoms with Crippen molar-refractivity contribution in [3.63, 3.8) is 0 Å². The van der Waals surface area contributed by atoms with Gasteiger partial charge in [0, 0.05) is 31.6 Å². The number of nitrogens with zero attached hydrogens (tertiary/aromatic N) is 3. The van der Waals surface area contributed by atoms with Crippen LogP contribution in [0.25, 0.3) is 0 Å². The maximum atomic E-state index is 12.9. The van der Waals surface area contributed by atoms with E-state index in [2.05, 4.69) is 20.4 Å². The van der Waals surface area contributed by atoms with E-state index >= 15 is 0 Å². The summed E-state index contributed by atoms with van der Waals surface area (Å²) in [7, 11) is 0. The van der Waals surface area contributed by atoms with Crippen LogP contribution in [0.15, 0.2) is 47.6 Å². The molecular weight excluding hydrogens is 347 g/mol. The fraction of sp³-hybridized carbons (Fsp3) is 0.350. The number of carbonyl (C=O) groups is 1.